The first-order valence-corrected chi connectivity index (χ1v) is 12.2. The molecule has 3 aromatic rings. The van der Waals surface area contributed by atoms with E-state index in [4.69, 9.17) is 9.57 Å². The zero-order valence-electron chi connectivity index (χ0n) is 20.7. The van der Waals surface area contributed by atoms with E-state index in [0.29, 0.717) is 12.3 Å². The van der Waals surface area contributed by atoms with Crippen LogP contribution in [0.15, 0.2) is 78.9 Å². The minimum Gasteiger partial charge on any atom is -0.491 e. The molecule has 3 rings (SSSR count). The molecule has 1 unspecified atom stereocenters. The molecule has 0 spiro atoms. The quantitative estimate of drug-likeness (QED) is 0.334. The van der Waals surface area contributed by atoms with Gasteiger partial charge in [-0.15, -0.1) is 0 Å². The van der Waals surface area contributed by atoms with E-state index >= 15 is 0 Å². The Morgan fingerprint density at radius 2 is 1.69 bits per heavy atom. The fraction of sp³-hybridized carbons (Fsp3) is 0.345. The Hall–Kier alpha value is -3.35. The van der Waals surface area contributed by atoms with Crippen molar-refractivity contribution in [2.45, 2.75) is 45.8 Å². The number of aliphatic hydroxyl groups excluding tert-OH is 1. The fourth-order valence-electron chi connectivity index (χ4n) is 3.90. The first kappa shape index (κ1) is 26.3. The van der Waals surface area contributed by atoms with Gasteiger partial charge in [0.1, 0.15) is 18.5 Å². The van der Waals surface area contributed by atoms with E-state index in [1.54, 1.807) is 0 Å². The number of amides is 1. The van der Waals surface area contributed by atoms with Gasteiger partial charge in [-0.05, 0) is 47.7 Å². The molecule has 0 saturated carbocycles. The zero-order valence-corrected chi connectivity index (χ0v) is 20.7. The smallest absolute Gasteiger partial charge is 0.249 e. The van der Waals surface area contributed by atoms with E-state index in [1.165, 1.54) is 18.1 Å². The molecule has 1 amide bonds. The molecule has 2 N–H and O–H groups in total. The molecule has 6 nitrogen and oxygen atoms in total. The molecule has 0 aliphatic carbocycles. The Balaban J connectivity index is 1.64. The van der Waals surface area contributed by atoms with Crippen LogP contribution in [0.5, 0.6) is 11.5 Å². The van der Waals surface area contributed by atoms with Crippen LogP contribution in [0, 0.1) is 0 Å². The topological polar surface area (TPSA) is 71.0 Å². The Morgan fingerprint density at radius 1 is 0.971 bits per heavy atom. The molecular weight excluding hydrogens is 440 g/mol. The Bertz CT molecular complexity index is 1030. The molecular formula is C29H36N2O4. The highest BCUT2D eigenvalue weighted by atomic mass is 16.7. The highest BCUT2D eigenvalue weighted by molar-refractivity contribution is 5.71. The van der Waals surface area contributed by atoms with Crippen LogP contribution in [-0.4, -0.2) is 41.7 Å². The number of rotatable bonds is 14. The van der Waals surface area contributed by atoms with Crippen molar-refractivity contribution in [3.8, 4) is 11.5 Å². The third-order valence-electron chi connectivity index (χ3n) is 5.57. The van der Waals surface area contributed by atoms with Gasteiger partial charge in [-0.3, -0.25) is 9.69 Å². The summed E-state index contributed by atoms with van der Waals surface area (Å²) in [4.78, 5) is 19.0. The average Bonchev–Trinajstić information content (AvgIpc) is 2.87. The number of aryl methyl sites for hydroxylation is 1. The van der Waals surface area contributed by atoms with Gasteiger partial charge in [0.2, 0.25) is 5.91 Å². The van der Waals surface area contributed by atoms with Gasteiger partial charge in [-0.1, -0.05) is 74.0 Å². The molecule has 1 atom stereocenters. The van der Waals surface area contributed by atoms with Crippen LogP contribution >= 0.6 is 0 Å². The van der Waals surface area contributed by atoms with E-state index in [9.17, 15) is 9.90 Å². The minimum atomic E-state index is -0.608. The van der Waals surface area contributed by atoms with Crippen molar-refractivity contribution in [1.82, 2.24) is 10.4 Å². The van der Waals surface area contributed by atoms with Crippen molar-refractivity contribution in [1.29, 1.82) is 0 Å². The second kappa shape index (κ2) is 14.1. The number of carbonyl (C=O) groups is 1. The summed E-state index contributed by atoms with van der Waals surface area (Å²) in [6.45, 7) is 5.83. The molecule has 35 heavy (non-hydrogen) atoms. The van der Waals surface area contributed by atoms with E-state index in [0.717, 1.165) is 43.7 Å². The average molecular weight is 477 g/mol. The molecule has 186 valence electrons. The van der Waals surface area contributed by atoms with Crippen molar-refractivity contribution in [2.24, 2.45) is 0 Å². The third kappa shape index (κ3) is 9.43. The molecule has 0 radical (unpaired) electrons. The molecule has 6 heteroatoms. The monoisotopic (exact) mass is 476 g/mol. The number of hydrogen-bond donors (Lipinski definition) is 2. The second-order valence-electron chi connectivity index (χ2n) is 8.70. The van der Waals surface area contributed by atoms with Gasteiger partial charge in [-0.2, -0.15) is 5.48 Å². The van der Waals surface area contributed by atoms with E-state index < -0.39 is 6.10 Å². The number of nitrogens with zero attached hydrogens (tertiary/aromatic N) is 1. The number of para-hydroxylation sites is 1. The SMILES string of the molecule is CCCc1cc(CCN(Cc2ccccc2)CC(O)COc2ccccc2)ccc1ONC(C)=O. The lowest BCUT2D eigenvalue weighted by Crippen LogP contribution is -2.36. The maximum absolute atomic E-state index is 11.2. The molecule has 0 aliphatic heterocycles. The van der Waals surface area contributed by atoms with Gasteiger partial charge in [0.25, 0.3) is 0 Å². The summed E-state index contributed by atoms with van der Waals surface area (Å²) in [7, 11) is 0. The maximum atomic E-state index is 11.2. The largest absolute Gasteiger partial charge is 0.491 e. The number of nitrogens with one attached hydrogen (secondary N) is 1. The van der Waals surface area contributed by atoms with E-state index in [1.807, 2.05) is 60.7 Å². The molecule has 0 heterocycles. The molecule has 0 aliphatic rings. The summed E-state index contributed by atoms with van der Waals surface area (Å²) < 4.78 is 5.76. The molecule has 0 fully saturated rings. The summed E-state index contributed by atoms with van der Waals surface area (Å²) in [5.41, 5.74) is 5.88. The van der Waals surface area contributed by atoms with Gasteiger partial charge in [0, 0.05) is 26.6 Å². The lowest BCUT2D eigenvalue weighted by atomic mass is 10.0. The van der Waals surface area contributed by atoms with Crippen LogP contribution in [0.3, 0.4) is 0 Å². The maximum Gasteiger partial charge on any atom is 0.249 e. The van der Waals surface area contributed by atoms with E-state index in [2.05, 4.69) is 35.5 Å². The van der Waals surface area contributed by atoms with Crippen LogP contribution < -0.4 is 15.1 Å². The molecule has 0 bridgehead atoms. The van der Waals surface area contributed by atoms with Crippen LogP contribution in [0.2, 0.25) is 0 Å². The summed E-state index contributed by atoms with van der Waals surface area (Å²) in [5.74, 6) is 1.20. The first-order chi connectivity index (χ1) is 17.0. The summed E-state index contributed by atoms with van der Waals surface area (Å²) in [6.07, 6.45) is 2.07. The second-order valence-corrected chi connectivity index (χ2v) is 8.70. The minimum absolute atomic E-state index is 0.233. The standard InChI is InChI=1S/C29H36N2O4/c1-3-10-26-19-24(15-16-29(26)35-30-23(2)32)17-18-31(20-25-11-6-4-7-12-25)21-27(33)22-34-28-13-8-5-9-14-28/h4-9,11-16,19,27,33H,3,10,17-18,20-22H2,1-2H3,(H,30,32). The lowest BCUT2D eigenvalue weighted by molar-refractivity contribution is -0.125. The summed E-state index contributed by atoms with van der Waals surface area (Å²) in [6, 6.07) is 25.9. The lowest BCUT2D eigenvalue weighted by Gasteiger charge is -2.25. The number of aliphatic hydroxyl groups is 1. The number of hydrogen-bond acceptors (Lipinski definition) is 5. The van der Waals surface area contributed by atoms with Crippen molar-refractivity contribution in [3.05, 3.63) is 95.6 Å². The predicted molar refractivity (Wildman–Crippen MR) is 138 cm³/mol. The van der Waals surface area contributed by atoms with Crippen molar-refractivity contribution >= 4 is 5.91 Å². The fourth-order valence-corrected chi connectivity index (χ4v) is 3.90. The van der Waals surface area contributed by atoms with Gasteiger partial charge < -0.3 is 14.7 Å². The zero-order chi connectivity index (χ0) is 24.9. The summed E-state index contributed by atoms with van der Waals surface area (Å²) >= 11 is 0. The number of hydroxylamine groups is 1. The van der Waals surface area contributed by atoms with Crippen LogP contribution in [0.1, 0.15) is 37.0 Å². The highest BCUT2D eigenvalue weighted by Gasteiger charge is 2.14. The van der Waals surface area contributed by atoms with Gasteiger partial charge >= 0.3 is 0 Å². The summed E-state index contributed by atoms with van der Waals surface area (Å²) in [5, 5.41) is 10.7. The normalized spacial score (nSPS) is 11.8. The number of ether oxygens (including phenoxy) is 1. The van der Waals surface area contributed by atoms with Crippen molar-refractivity contribution < 1.29 is 19.5 Å². The Morgan fingerprint density at radius 3 is 2.37 bits per heavy atom. The number of benzene rings is 3. The molecule has 0 aromatic heterocycles. The highest BCUT2D eigenvalue weighted by Crippen LogP contribution is 2.22. The Kier molecular flexibility index (Phi) is 10.6. The van der Waals surface area contributed by atoms with Gasteiger partial charge in [-0.25, -0.2) is 0 Å². The predicted octanol–water partition coefficient (Wildman–Crippen LogP) is 4.55. The van der Waals surface area contributed by atoms with Gasteiger partial charge in [0.05, 0.1) is 0 Å². The molecule has 0 saturated heterocycles. The van der Waals surface area contributed by atoms with Crippen LogP contribution in [-0.2, 0) is 24.2 Å². The van der Waals surface area contributed by atoms with E-state index in [-0.39, 0.29) is 12.5 Å². The van der Waals surface area contributed by atoms with Crippen LogP contribution in [0.4, 0.5) is 0 Å². The first-order valence-electron chi connectivity index (χ1n) is 12.2. The number of carbonyl (C=O) groups excluding carboxylic acids is 1. The van der Waals surface area contributed by atoms with Crippen molar-refractivity contribution in [3.63, 3.8) is 0 Å². The third-order valence-corrected chi connectivity index (χ3v) is 5.57. The Labute approximate surface area is 208 Å². The van der Waals surface area contributed by atoms with Gasteiger partial charge in [0.15, 0.2) is 5.75 Å². The molecule has 3 aromatic carbocycles. The van der Waals surface area contributed by atoms with Crippen LogP contribution in [0.25, 0.3) is 0 Å². The van der Waals surface area contributed by atoms with Crippen molar-refractivity contribution in [2.75, 3.05) is 19.7 Å².